The number of hydrogen-bond donors (Lipinski definition) is 1. The third kappa shape index (κ3) is 4.09. The second-order valence-electron chi connectivity index (χ2n) is 7.50. The number of aliphatic hydroxyl groups excluding tert-OH is 1. The average molecular weight is 410 g/mol. The minimum Gasteiger partial charge on any atom is -0.496 e. The highest BCUT2D eigenvalue weighted by molar-refractivity contribution is 5.81. The second-order valence-corrected chi connectivity index (χ2v) is 7.50. The topological polar surface area (TPSA) is 51.2 Å². The Morgan fingerprint density at radius 1 is 0.900 bits per heavy atom. The number of allylic oxidation sites excluding steroid dienone is 1. The second kappa shape index (κ2) is 9.37. The fourth-order valence-corrected chi connectivity index (χ4v) is 4.07. The largest absolute Gasteiger partial charge is 0.496 e. The summed E-state index contributed by atoms with van der Waals surface area (Å²) in [6.45, 7) is 6.25. The van der Waals surface area contributed by atoms with Crippen LogP contribution in [0.5, 0.6) is 11.5 Å². The summed E-state index contributed by atoms with van der Waals surface area (Å²) >= 11 is 0. The van der Waals surface area contributed by atoms with Crippen LogP contribution in [0.2, 0.25) is 0 Å². The summed E-state index contributed by atoms with van der Waals surface area (Å²) in [5, 5.41) is 9.65. The molecular formula is C25H31NO4. The molecule has 5 heteroatoms. The van der Waals surface area contributed by atoms with E-state index in [0.29, 0.717) is 6.42 Å². The predicted molar refractivity (Wildman–Crippen MR) is 121 cm³/mol. The van der Waals surface area contributed by atoms with Crippen molar-refractivity contribution in [1.29, 1.82) is 0 Å². The molecule has 0 aliphatic carbocycles. The highest BCUT2D eigenvalue weighted by atomic mass is 16.5. The van der Waals surface area contributed by atoms with Gasteiger partial charge in [0.1, 0.15) is 11.5 Å². The van der Waals surface area contributed by atoms with Gasteiger partial charge in [0.2, 0.25) is 0 Å². The summed E-state index contributed by atoms with van der Waals surface area (Å²) in [6.07, 6.45) is 2.36. The van der Waals surface area contributed by atoms with Gasteiger partial charge in [0.25, 0.3) is 0 Å². The van der Waals surface area contributed by atoms with Gasteiger partial charge in [-0.25, -0.2) is 0 Å². The van der Waals surface area contributed by atoms with E-state index in [2.05, 4.69) is 36.2 Å². The summed E-state index contributed by atoms with van der Waals surface area (Å²) in [6, 6.07) is 12.3. The van der Waals surface area contributed by atoms with Crippen LogP contribution in [0.3, 0.4) is 0 Å². The van der Waals surface area contributed by atoms with Gasteiger partial charge in [-0.2, -0.15) is 0 Å². The number of ether oxygens (including phenoxy) is 3. The summed E-state index contributed by atoms with van der Waals surface area (Å²) in [5.41, 5.74) is 7.50. The van der Waals surface area contributed by atoms with E-state index in [-0.39, 0.29) is 12.8 Å². The van der Waals surface area contributed by atoms with Crippen molar-refractivity contribution in [3.63, 3.8) is 0 Å². The molecule has 5 nitrogen and oxygen atoms in total. The van der Waals surface area contributed by atoms with Crippen molar-refractivity contribution >= 4 is 11.3 Å². The van der Waals surface area contributed by atoms with Gasteiger partial charge >= 0.3 is 0 Å². The maximum absolute atomic E-state index is 9.65. The lowest BCUT2D eigenvalue weighted by molar-refractivity contribution is 0.150. The molecule has 0 radical (unpaired) electrons. The molecule has 0 saturated carbocycles. The monoisotopic (exact) mass is 409 g/mol. The molecule has 0 bridgehead atoms. The molecule has 30 heavy (non-hydrogen) atoms. The maximum atomic E-state index is 9.65. The number of methoxy groups -OCH3 is 3. The molecule has 1 unspecified atom stereocenters. The molecule has 160 valence electrons. The summed E-state index contributed by atoms with van der Waals surface area (Å²) in [4.78, 5) is 2.12. The van der Waals surface area contributed by atoms with Crippen LogP contribution in [-0.4, -0.2) is 39.3 Å². The van der Waals surface area contributed by atoms with Gasteiger partial charge in [-0.15, -0.1) is 0 Å². The van der Waals surface area contributed by atoms with Crippen molar-refractivity contribution < 1.29 is 19.3 Å². The van der Waals surface area contributed by atoms with E-state index < -0.39 is 0 Å². The smallest absolute Gasteiger partial charge is 0.160 e. The number of anilines is 1. The van der Waals surface area contributed by atoms with E-state index in [4.69, 9.17) is 14.2 Å². The Balaban J connectivity index is 2.15. The van der Waals surface area contributed by atoms with Crippen molar-refractivity contribution in [3.05, 3.63) is 70.4 Å². The van der Waals surface area contributed by atoms with E-state index in [0.717, 1.165) is 50.6 Å². The highest BCUT2D eigenvalue weighted by Crippen LogP contribution is 2.39. The SMILES string of the molecule is COc1ccc(C2=C(C)C(CCO)=CN(c3ccc(OC)c(C)c3)C2OC)cc1C. The number of aliphatic hydroxyl groups is 1. The first-order valence-corrected chi connectivity index (χ1v) is 10.1. The van der Waals surface area contributed by atoms with Crippen molar-refractivity contribution in [3.8, 4) is 11.5 Å². The van der Waals surface area contributed by atoms with Crippen LogP contribution >= 0.6 is 0 Å². The van der Waals surface area contributed by atoms with Crippen LogP contribution in [0.1, 0.15) is 30.0 Å². The molecule has 1 aliphatic rings. The van der Waals surface area contributed by atoms with Gasteiger partial charge in [0.05, 0.1) is 14.2 Å². The Bertz CT molecular complexity index is 977. The van der Waals surface area contributed by atoms with E-state index >= 15 is 0 Å². The fourth-order valence-electron chi connectivity index (χ4n) is 4.07. The molecule has 2 aromatic rings. The van der Waals surface area contributed by atoms with E-state index in [1.165, 1.54) is 0 Å². The Hall–Kier alpha value is -2.76. The molecule has 1 atom stereocenters. The zero-order valence-electron chi connectivity index (χ0n) is 18.7. The van der Waals surface area contributed by atoms with Crippen LogP contribution < -0.4 is 14.4 Å². The Morgan fingerprint density at radius 3 is 2.07 bits per heavy atom. The van der Waals surface area contributed by atoms with Gasteiger partial charge in [-0.05, 0) is 85.4 Å². The lowest BCUT2D eigenvalue weighted by atomic mass is 9.89. The van der Waals surface area contributed by atoms with Crippen molar-refractivity contribution in [1.82, 2.24) is 0 Å². The van der Waals surface area contributed by atoms with Crippen LogP contribution in [0.25, 0.3) is 5.57 Å². The minimum absolute atomic E-state index is 0.0885. The van der Waals surface area contributed by atoms with Crippen molar-refractivity contribution in [2.24, 2.45) is 0 Å². The summed E-state index contributed by atoms with van der Waals surface area (Å²) < 4.78 is 16.9. The van der Waals surface area contributed by atoms with Crippen molar-refractivity contribution in [2.75, 3.05) is 32.8 Å². The van der Waals surface area contributed by atoms with Crippen molar-refractivity contribution in [2.45, 2.75) is 33.4 Å². The van der Waals surface area contributed by atoms with E-state index in [1.807, 2.05) is 32.0 Å². The molecular weight excluding hydrogens is 378 g/mol. The quantitative estimate of drug-likeness (QED) is 0.708. The molecule has 0 saturated heterocycles. The molecule has 1 N–H and O–H groups in total. The van der Waals surface area contributed by atoms with Gasteiger partial charge < -0.3 is 24.2 Å². The molecule has 3 rings (SSSR count). The number of aryl methyl sites for hydroxylation is 2. The molecule has 1 aliphatic heterocycles. The molecule has 0 aromatic heterocycles. The Labute approximate surface area is 179 Å². The number of rotatable bonds is 7. The lowest BCUT2D eigenvalue weighted by Gasteiger charge is -2.38. The zero-order valence-corrected chi connectivity index (χ0v) is 18.7. The van der Waals surface area contributed by atoms with Crippen LogP contribution in [0.15, 0.2) is 53.7 Å². The minimum atomic E-state index is -0.298. The van der Waals surface area contributed by atoms with Gasteiger partial charge in [0.15, 0.2) is 6.23 Å². The lowest BCUT2D eigenvalue weighted by Crippen LogP contribution is -2.37. The van der Waals surface area contributed by atoms with Crippen LogP contribution in [0, 0.1) is 13.8 Å². The molecule has 0 amide bonds. The Kier molecular flexibility index (Phi) is 6.85. The zero-order chi connectivity index (χ0) is 21.8. The number of benzene rings is 2. The molecule has 2 aromatic carbocycles. The number of nitrogens with zero attached hydrogens (tertiary/aromatic N) is 1. The van der Waals surface area contributed by atoms with Crippen LogP contribution in [0.4, 0.5) is 5.69 Å². The van der Waals surface area contributed by atoms with Gasteiger partial charge in [-0.1, -0.05) is 6.07 Å². The molecule has 0 fully saturated rings. The normalized spacial score (nSPS) is 16.6. The van der Waals surface area contributed by atoms with E-state index in [1.54, 1.807) is 21.3 Å². The third-order valence-corrected chi connectivity index (χ3v) is 5.67. The summed E-state index contributed by atoms with van der Waals surface area (Å²) in [5.74, 6) is 1.71. The maximum Gasteiger partial charge on any atom is 0.160 e. The third-order valence-electron chi connectivity index (χ3n) is 5.67. The molecule has 0 spiro atoms. The first kappa shape index (κ1) is 21.9. The van der Waals surface area contributed by atoms with E-state index in [9.17, 15) is 5.11 Å². The first-order chi connectivity index (χ1) is 14.4. The summed E-state index contributed by atoms with van der Waals surface area (Å²) in [7, 11) is 5.08. The van der Waals surface area contributed by atoms with Gasteiger partial charge in [0, 0.05) is 31.2 Å². The fraction of sp³-hybridized carbons (Fsp3) is 0.360. The standard InChI is InChI=1S/C25H31NO4/c1-16-13-19(7-9-22(16)28-4)24-18(3)20(11-12-27)15-26(25(24)30-6)21-8-10-23(29-5)17(2)14-21/h7-10,13-15,25,27H,11-12H2,1-6H3. The predicted octanol–water partition coefficient (Wildman–Crippen LogP) is 4.85. The van der Waals surface area contributed by atoms with Gasteiger partial charge in [-0.3, -0.25) is 0 Å². The van der Waals surface area contributed by atoms with Crippen LogP contribution in [-0.2, 0) is 4.74 Å². The highest BCUT2D eigenvalue weighted by Gasteiger charge is 2.30. The number of hydrogen-bond acceptors (Lipinski definition) is 5. The average Bonchev–Trinajstić information content (AvgIpc) is 2.74. The Morgan fingerprint density at radius 2 is 1.53 bits per heavy atom. The molecule has 1 heterocycles. The first-order valence-electron chi connectivity index (χ1n) is 10.1.